The van der Waals surface area contributed by atoms with Gasteiger partial charge in [0.2, 0.25) is 5.91 Å². The van der Waals surface area contributed by atoms with Gasteiger partial charge in [0.05, 0.1) is 6.42 Å². The Morgan fingerprint density at radius 1 is 1.00 bits per heavy atom. The van der Waals surface area contributed by atoms with Gasteiger partial charge in [0.1, 0.15) is 12.6 Å². The Bertz CT molecular complexity index is 967. The molecule has 0 bridgehead atoms. The van der Waals surface area contributed by atoms with Crippen molar-refractivity contribution in [2.75, 3.05) is 18.6 Å². The zero-order chi connectivity index (χ0) is 24.5. The summed E-state index contributed by atoms with van der Waals surface area (Å²) >= 11 is 1.57. The van der Waals surface area contributed by atoms with Gasteiger partial charge in [-0.3, -0.25) is 9.59 Å². The molecule has 0 saturated carbocycles. The van der Waals surface area contributed by atoms with E-state index in [1.165, 1.54) is 0 Å². The third-order valence-electron chi connectivity index (χ3n) is 5.97. The zero-order valence-corrected chi connectivity index (χ0v) is 20.4. The number of carbonyl (C=O) groups is 3. The minimum Gasteiger partial charge on any atom is -0.481 e. The van der Waals surface area contributed by atoms with E-state index in [0.717, 1.165) is 28.7 Å². The number of hydrogen-bond acceptors (Lipinski definition) is 5. The van der Waals surface area contributed by atoms with Crippen LogP contribution in [0, 0.1) is 0 Å². The normalized spacial score (nSPS) is 13.9. The molecule has 1 aliphatic carbocycles. The van der Waals surface area contributed by atoms with Gasteiger partial charge >= 0.3 is 12.1 Å². The molecule has 34 heavy (non-hydrogen) atoms. The fourth-order valence-corrected chi connectivity index (χ4v) is 4.84. The second-order valence-corrected chi connectivity index (χ2v) is 9.38. The molecule has 0 radical (unpaired) electrons. The largest absolute Gasteiger partial charge is 0.481 e. The Morgan fingerprint density at radius 3 is 2.18 bits per heavy atom. The third kappa shape index (κ3) is 6.53. The lowest BCUT2D eigenvalue weighted by Crippen LogP contribution is -2.50. The van der Waals surface area contributed by atoms with E-state index in [2.05, 4.69) is 22.8 Å². The Labute approximate surface area is 204 Å². The van der Waals surface area contributed by atoms with E-state index in [9.17, 15) is 14.4 Å². The highest BCUT2D eigenvalue weighted by molar-refractivity contribution is 7.98. The van der Waals surface area contributed by atoms with Crippen LogP contribution in [0.4, 0.5) is 4.79 Å². The SMILES string of the molecule is CCC[C@H](CC(=O)O)NC(=O)[C@@H](CCSC)NC(=O)OCC1c2ccccc2-c2ccccc21. The Morgan fingerprint density at radius 2 is 1.62 bits per heavy atom. The van der Waals surface area contributed by atoms with Crippen molar-refractivity contribution in [2.45, 2.75) is 50.6 Å². The topological polar surface area (TPSA) is 105 Å². The number of alkyl carbamates (subject to hydrolysis) is 1. The van der Waals surface area contributed by atoms with Crippen molar-refractivity contribution in [3.63, 3.8) is 0 Å². The Hall–Kier alpha value is -3.00. The van der Waals surface area contributed by atoms with E-state index in [-0.39, 0.29) is 24.9 Å². The number of carbonyl (C=O) groups excluding carboxylic acids is 2. The summed E-state index contributed by atoms with van der Waals surface area (Å²) in [5.41, 5.74) is 4.52. The van der Waals surface area contributed by atoms with Crippen molar-refractivity contribution < 1.29 is 24.2 Å². The highest BCUT2D eigenvalue weighted by Gasteiger charge is 2.30. The first kappa shape index (κ1) is 25.6. The lowest BCUT2D eigenvalue weighted by molar-refractivity contribution is -0.137. The highest BCUT2D eigenvalue weighted by Crippen LogP contribution is 2.44. The van der Waals surface area contributed by atoms with Gasteiger partial charge in [-0.05, 0) is 47.1 Å². The fraction of sp³-hybridized carbons (Fsp3) is 0.423. The summed E-state index contributed by atoms with van der Waals surface area (Å²) in [6, 6.07) is 14.9. The predicted molar refractivity (Wildman–Crippen MR) is 134 cm³/mol. The van der Waals surface area contributed by atoms with Crippen LogP contribution in [0.2, 0.25) is 0 Å². The van der Waals surface area contributed by atoms with E-state index in [1.54, 1.807) is 11.8 Å². The second-order valence-electron chi connectivity index (χ2n) is 8.40. The summed E-state index contributed by atoms with van der Waals surface area (Å²) < 4.78 is 5.59. The van der Waals surface area contributed by atoms with Crippen molar-refractivity contribution in [3.8, 4) is 11.1 Å². The van der Waals surface area contributed by atoms with Gasteiger partial charge in [-0.1, -0.05) is 61.9 Å². The molecule has 3 N–H and O–H groups in total. The van der Waals surface area contributed by atoms with Gasteiger partial charge in [0.15, 0.2) is 0 Å². The number of thioether (sulfide) groups is 1. The van der Waals surface area contributed by atoms with Gasteiger partial charge in [0, 0.05) is 12.0 Å². The molecule has 3 rings (SSSR count). The average molecular weight is 485 g/mol. The first-order valence-electron chi connectivity index (χ1n) is 11.6. The van der Waals surface area contributed by atoms with Crippen LogP contribution in [0.25, 0.3) is 11.1 Å². The lowest BCUT2D eigenvalue weighted by Gasteiger charge is -2.22. The number of nitrogens with one attached hydrogen (secondary N) is 2. The molecule has 0 heterocycles. The molecule has 2 atom stereocenters. The van der Waals surface area contributed by atoms with E-state index in [0.29, 0.717) is 18.6 Å². The monoisotopic (exact) mass is 484 g/mol. The predicted octanol–water partition coefficient (Wildman–Crippen LogP) is 4.41. The summed E-state index contributed by atoms with van der Waals surface area (Å²) in [6.07, 6.45) is 2.83. The van der Waals surface area contributed by atoms with Crippen LogP contribution >= 0.6 is 11.8 Å². The van der Waals surface area contributed by atoms with Crippen LogP contribution in [0.1, 0.15) is 49.7 Å². The van der Waals surface area contributed by atoms with E-state index in [1.807, 2.05) is 49.6 Å². The van der Waals surface area contributed by atoms with Crippen LogP contribution in [0.3, 0.4) is 0 Å². The maximum atomic E-state index is 12.9. The smallest absolute Gasteiger partial charge is 0.407 e. The third-order valence-corrected chi connectivity index (χ3v) is 6.61. The lowest BCUT2D eigenvalue weighted by atomic mass is 9.98. The van der Waals surface area contributed by atoms with Gasteiger partial charge in [-0.2, -0.15) is 11.8 Å². The molecule has 182 valence electrons. The first-order chi connectivity index (χ1) is 16.4. The van der Waals surface area contributed by atoms with Gasteiger partial charge in [0.25, 0.3) is 0 Å². The molecule has 2 aromatic carbocycles. The van der Waals surface area contributed by atoms with Crippen LogP contribution in [-0.2, 0) is 14.3 Å². The first-order valence-corrected chi connectivity index (χ1v) is 13.0. The molecule has 0 saturated heterocycles. The number of aliphatic carboxylic acids is 1. The molecule has 0 unspecified atom stereocenters. The van der Waals surface area contributed by atoms with Crippen molar-refractivity contribution in [1.82, 2.24) is 10.6 Å². The number of ether oxygens (including phenoxy) is 1. The molecule has 8 heteroatoms. The second kappa shape index (κ2) is 12.5. The molecular formula is C26H32N2O5S. The molecule has 0 aromatic heterocycles. The van der Waals surface area contributed by atoms with Crippen molar-refractivity contribution in [2.24, 2.45) is 0 Å². The number of benzene rings is 2. The molecule has 0 fully saturated rings. The van der Waals surface area contributed by atoms with Gasteiger partial charge in [-0.15, -0.1) is 0 Å². The molecule has 2 aromatic rings. The van der Waals surface area contributed by atoms with Crippen LogP contribution < -0.4 is 10.6 Å². The summed E-state index contributed by atoms with van der Waals surface area (Å²) in [5, 5.41) is 14.6. The minimum absolute atomic E-state index is 0.0684. The molecule has 0 aliphatic heterocycles. The summed E-state index contributed by atoms with van der Waals surface area (Å²) in [7, 11) is 0. The quantitative estimate of drug-likeness (QED) is 0.412. The van der Waals surface area contributed by atoms with E-state index < -0.39 is 24.1 Å². The number of fused-ring (bicyclic) bond motifs is 3. The maximum absolute atomic E-state index is 12.9. The zero-order valence-electron chi connectivity index (χ0n) is 19.6. The summed E-state index contributed by atoms with van der Waals surface area (Å²) in [6.45, 7) is 2.09. The molecular weight excluding hydrogens is 452 g/mol. The standard InChI is InChI=1S/C26H32N2O5S/c1-3-8-17(15-24(29)30)27-25(31)23(13-14-34-2)28-26(32)33-16-22-20-11-6-4-9-18(20)19-10-5-7-12-21(19)22/h4-7,9-12,17,22-23H,3,8,13-16H2,1-2H3,(H,27,31)(H,28,32)(H,29,30)/t17-,23-/m1/s1. The van der Waals surface area contributed by atoms with Crippen LogP contribution in [0.15, 0.2) is 48.5 Å². The number of rotatable bonds is 12. The number of amides is 2. The Balaban J connectivity index is 1.64. The molecule has 1 aliphatic rings. The number of carboxylic acid groups (broad SMARTS) is 1. The van der Waals surface area contributed by atoms with E-state index in [4.69, 9.17) is 9.84 Å². The van der Waals surface area contributed by atoms with E-state index >= 15 is 0 Å². The van der Waals surface area contributed by atoms with Crippen LogP contribution in [0.5, 0.6) is 0 Å². The molecule has 0 spiro atoms. The number of hydrogen-bond donors (Lipinski definition) is 3. The van der Waals surface area contributed by atoms with Crippen molar-refractivity contribution in [3.05, 3.63) is 59.7 Å². The summed E-state index contributed by atoms with van der Waals surface area (Å²) in [4.78, 5) is 36.7. The van der Waals surface area contributed by atoms with Crippen molar-refractivity contribution >= 4 is 29.7 Å². The fourth-order valence-electron chi connectivity index (χ4n) is 4.37. The van der Waals surface area contributed by atoms with Gasteiger partial charge < -0.3 is 20.5 Å². The minimum atomic E-state index is -0.969. The van der Waals surface area contributed by atoms with Crippen molar-refractivity contribution in [1.29, 1.82) is 0 Å². The number of carboxylic acids is 1. The molecule has 2 amide bonds. The van der Waals surface area contributed by atoms with Crippen LogP contribution in [-0.4, -0.2) is 53.8 Å². The maximum Gasteiger partial charge on any atom is 0.407 e. The van der Waals surface area contributed by atoms with Gasteiger partial charge in [-0.25, -0.2) is 4.79 Å². The highest BCUT2D eigenvalue weighted by atomic mass is 32.2. The average Bonchev–Trinajstić information content (AvgIpc) is 3.14. The summed E-state index contributed by atoms with van der Waals surface area (Å²) in [5.74, 6) is -0.758. The Kier molecular flexibility index (Phi) is 9.39. The molecule has 7 nitrogen and oxygen atoms in total.